The molecule has 0 aliphatic carbocycles. The summed E-state index contributed by atoms with van der Waals surface area (Å²) in [5, 5.41) is 0. The Morgan fingerprint density at radius 3 is 2.21 bits per heavy atom. The summed E-state index contributed by atoms with van der Waals surface area (Å²) in [5.74, 6) is 0.00271. The molecule has 3 nitrogen and oxygen atoms in total. The molecule has 2 aromatic carbocycles. The fraction of sp³-hybridized carbons (Fsp3) is 0.200. The van der Waals surface area contributed by atoms with Gasteiger partial charge in [-0.15, -0.1) is 13.2 Å². The first-order valence-electron chi connectivity index (χ1n) is 7.87. The molecule has 0 bridgehead atoms. The van der Waals surface area contributed by atoms with Crippen molar-refractivity contribution >= 4 is 15.7 Å². The Balaban J connectivity index is 2.46. The first-order valence-corrected chi connectivity index (χ1v) is 9.31. The SMILES string of the molecule is C=CC[C@@H](C=C)CN(c1ccccc1)S(=O)(=O)c1ccc(C)cc1. The first-order chi connectivity index (χ1) is 11.5. The van der Waals surface area contributed by atoms with Crippen LogP contribution in [0.2, 0.25) is 0 Å². The van der Waals surface area contributed by atoms with Crippen LogP contribution in [0, 0.1) is 12.8 Å². The largest absolute Gasteiger partial charge is 0.266 e. The summed E-state index contributed by atoms with van der Waals surface area (Å²) in [6.07, 6.45) is 4.24. The highest BCUT2D eigenvalue weighted by Gasteiger charge is 2.26. The molecule has 0 unspecified atom stereocenters. The standard InChI is InChI=1S/C20H23NO2S/c1-4-9-18(5-2)16-21(19-10-7-6-8-11-19)24(22,23)20-14-12-17(3)13-15-20/h4-8,10-15,18H,1-2,9,16H2,3H3/t18-/m1/s1. The highest BCUT2D eigenvalue weighted by atomic mass is 32.2. The monoisotopic (exact) mass is 341 g/mol. The van der Waals surface area contributed by atoms with Crippen LogP contribution < -0.4 is 4.31 Å². The van der Waals surface area contributed by atoms with Crippen molar-refractivity contribution in [3.63, 3.8) is 0 Å². The van der Waals surface area contributed by atoms with Crippen LogP contribution in [-0.2, 0) is 10.0 Å². The molecule has 0 saturated heterocycles. The quantitative estimate of drug-likeness (QED) is 0.660. The molecule has 0 heterocycles. The van der Waals surface area contributed by atoms with Crippen LogP contribution in [0.3, 0.4) is 0 Å². The van der Waals surface area contributed by atoms with E-state index in [0.29, 0.717) is 23.5 Å². The summed E-state index contributed by atoms with van der Waals surface area (Å²) in [7, 11) is -3.64. The van der Waals surface area contributed by atoms with Crippen LogP contribution in [0.25, 0.3) is 0 Å². The Labute approximate surface area is 145 Å². The lowest BCUT2D eigenvalue weighted by Crippen LogP contribution is -2.35. The van der Waals surface area contributed by atoms with Crippen molar-refractivity contribution < 1.29 is 8.42 Å². The van der Waals surface area contributed by atoms with Crippen molar-refractivity contribution in [3.8, 4) is 0 Å². The van der Waals surface area contributed by atoms with Crippen molar-refractivity contribution in [2.24, 2.45) is 5.92 Å². The van der Waals surface area contributed by atoms with E-state index in [4.69, 9.17) is 0 Å². The molecule has 0 aliphatic heterocycles. The smallest absolute Gasteiger partial charge is 0.264 e. The predicted molar refractivity (Wildman–Crippen MR) is 101 cm³/mol. The maximum atomic E-state index is 13.2. The second-order valence-corrected chi connectivity index (χ2v) is 7.57. The highest BCUT2D eigenvalue weighted by molar-refractivity contribution is 7.92. The van der Waals surface area contributed by atoms with E-state index in [-0.39, 0.29) is 5.92 Å². The van der Waals surface area contributed by atoms with Crippen molar-refractivity contribution in [1.82, 2.24) is 0 Å². The Hall–Kier alpha value is -2.33. The summed E-state index contributed by atoms with van der Waals surface area (Å²) >= 11 is 0. The maximum Gasteiger partial charge on any atom is 0.264 e. The Morgan fingerprint density at radius 1 is 1.04 bits per heavy atom. The summed E-state index contributed by atoms with van der Waals surface area (Å²) in [5.41, 5.74) is 1.67. The topological polar surface area (TPSA) is 37.4 Å². The van der Waals surface area contributed by atoms with Gasteiger partial charge in [0.25, 0.3) is 10.0 Å². The van der Waals surface area contributed by atoms with E-state index in [1.807, 2.05) is 37.3 Å². The predicted octanol–water partition coefficient (Wildman–Crippen LogP) is 4.57. The number of para-hydroxylation sites is 1. The first kappa shape index (κ1) is 18.0. The molecule has 126 valence electrons. The molecular formula is C20H23NO2S. The van der Waals surface area contributed by atoms with Gasteiger partial charge in [0.2, 0.25) is 0 Å². The molecule has 4 heteroatoms. The average Bonchev–Trinajstić information content (AvgIpc) is 2.59. The number of nitrogens with zero attached hydrogens (tertiary/aromatic N) is 1. The van der Waals surface area contributed by atoms with Gasteiger partial charge >= 0.3 is 0 Å². The van der Waals surface area contributed by atoms with Gasteiger partial charge in [-0.25, -0.2) is 8.42 Å². The number of rotatable bonds is 8. The van der Waals surface area contributed by atoms with Crippen molar-refractivity contribution in [1.29, 1.82) is 0 Å². The van der Waals surface area contributed by atoms with Crippen molar-refractivity contribution in [3.05, 3.63) is 85.5 Å². The summed E-state index contributed by atoms with van der Waals surface area (Å²) < 4.78 is 27.8. The normalized spacial score (nSPS) is 12.4. The van der Waals surface area contributed by atoms with Crippen LogP contribution in [0.5, 0.6) is 0 Å². The Kier molecular flexibility index (Phi) is 5.99. The van der Waals surface area contributed by atoms with Gasteiger partial charge in [0, 0.05) is 6.54 Å². The highest BCUT2D eigenvalue weighted by Crippen LogP contribution is 2.26. The van der Waals surface area contributed by atoms with Gasteiger partial charge in [-0.2, -0.15) is 0 Å². The molecule has 2 aromatic rings. The third-order valence-electron chi connectivity index (χ3n) is 3.86. The molecule has 0 spiro atoms. The second kappa shape index (κ2) is 7.97. The molecule has 0 saturated carbocycles. The fourth-order valence-corrected chi connectivity index (χ4v) is 3.97. The molecule has 0 fully saturated rings. The number of aryl methyl sites for hydroxylation is 1. The van der Waals surface area contributed by atoms with Crippen LogP contribution in [0.15, 0.2) is 84.8 Å². The van der Waals surface area contributed by atoms with E-state index >= 15 is 0 Å². The van der Waals surface area contributed by atoms with Gasteiger partial charge in [0.1, 0.15) is 0 Å². The van der Waals surface area contributed by atoms with Crippen molar-refractivity contribution in [2.45, 2.75) is 18.2 Å². The number of hydrogen-bond donors (Lipinski definition) is 0. The lowest BCUT2D eigenvalue weighted by Gasteiger charge is -2.27. The molecule has 0 aromatic heterocycles. The molecule has 0 radical (unpaired) electrons. The number of allylic oxidation sites excluding steroid dienone is 1. The zero-order valence-corrected chi connectivity index (χ0v) is 14.7. The molecule has 0 amide bonds. The summed E-state index contributed by atoms with van der Waals surface area (Å²) in [6, 6.07) is 16.1. The number of anilines is 1. The van der Waals surface area contributed by atoms with E-state index in [1.165, 1.54) is 4.31 Å². The third kappa shape index (κ3) is 4.15. The fourth-order valence-electron chi connectivity index (χ4n) is 2.45. The lowest BCUT2D eigenvalue weighted by atomic mass is 10.1. The Bertz CT molecular complexity index is 780. The molecule has 1 atom stereocenters. The van der Waals surface area contributed by atoms with Crippen molar-refractivity contribution in [2.75, 3.05) is 10.8 Å². The van der Waals surface area contributed by atoms with Gasteiger partial charge in [-0.05, 0) is 43.5 Å². The van der Waals surface area contributed by atoms with E-state index in [9.17, 15) is 8.42 Å². The van der Waals surface area contributed by atoms with E-state index < -0.39 is 10.0 Å². The Morgan fingerprint density at radius 2 is 1.67 bits per heavy atom. The molecule has 2 rings (SSSR count). The van der Waals surface area contributed by atoms with Crippen LogP contribution in [0.4, 0.5) is 5.69 Å². The van der Waals surface area contributed by atoms with Crippen LogP contribution in [-0.4, -0.2) is 15.0 Å². The molecule has 0 aliphatic rings. The van der Waals surface area contributed by atoms with Gasteiger partial charge in [0.05, 0.1) is 10.6 Å². The van der Waals surface area contributed by atoms with Crippen LogP contribution in [0.1, 0.15) is 12.0 Å². The maximum absolute atomic E-state index is 13.2. The number of benzene rings is 2. The zero-order valence-electron chi connectivity index (χ0n) is 13.9. The minimum atomic E-state index is -3.64. The van der Waals surface area contributed by atoms with E-state index in [0.717, 1.165) is 5.56 Å². The van der Waals surface area contributed by atoms with Gasteiger partial charge in [0.15, 0.2) is 0 Å². The summed E-state index contributed by atoms with van der Waals surface area (Å²) in [4.78, 5) is 0.290. The van der Waals surface area contributed by atoms with E-state index in [1.54, 1.807) is 36.4 Å². The minimum absolute atomic E-state index is 0.00271. The van der Waals surface area contributed by atoms with Gasteiger partial charge < -0.3 is 0 Å². The minimum Gasteiger partial charge on any atom is -0.266 e. The molecule has 24 heavy (non-hydrogen) atoms. The second-order valence-electron chi connectivity index (χ2n) is 5.70. The van der Waals surface area contributed by atoms with Gasteiger partial charge in [-0.1, -0.05) is 48.0 Å². The van der Waals surface area contributed by atoms with Gasteiger partial charge in [-0.3, -0.25) is 4.31 Å². The number of hydrogen-bond acceptors (Lipinski definition) is 2. The zero-order chi connectivity index (χ0) is 17.6. The van der Waals surface area contributed by atoms with Crippen LogP contribution >= 0.6 is 0 Å². The molecule has 0 N–H and O–H groups in total. The van der Waals surface area contributed by atoms with E-state index in [2.05, 4.69) is 13.2 Å². The molecular weight excluding hydrogens is 318 g/mol. The summed E-state index contributed by atoms with van der Waals surface area (Å²) in [6.45, 7) is 9.83. The average molecular weight is 341 g/mol. The number of sulfonamides is 1. The third-order valence-corrected chi connectivity index (χ3v) is 5.66. The lowest BCUT2D eigenvalue weighted by molar-refractivity contribution is 0.580.